The number of aryl methyl sites for hydroxylation is 1. The average molecular weight is 425 g/mol. The Hall–Kier alpha value is -2.04. The van der Waals surface area contributed by atoms with E-state index >= 15 is 0 Å². The molecular formula is C14H9BrN4O3S2. The first-order valence-electron chi connectivity index (χ1n) is 6.57. The van der Waals surface area contributed by atoms with Gasteiger partial charge in [0.1, 0.15) is 11.3 Å². The summed E-state index contributed by atoms with van der Waals surface area (Å²) in [6, 6.07) is 3.44. The molecule has 1 aliphatic rings. The summed E-state index contributed by atoms with van der Waals surface area (Å²) in [6.07, 6.45) is 3.00. The third-order valence-corrected chi connectivity index (χ3v) is 4.78. The molecule has 2 aromatic rings. The number of nitrogens with one attached hydrogen (secondary N) is 2. The van der Waals surface area contributed by atoms with Gasteiger partial charge in [-0.3, -0.25) is 20.2 Å². The smallest absolute Gasteiger partial charge is 0.263 e. The topological polar surface area (TPSA) is 97.1 Å². The SMILES string of the molecule is Cc1ccnc(Sc2oc(C=C3C(=O)NC(=S)NC3=O)cc2Br)n1. The summed E-state index contributed by atoms with van der Waals surface area (Å²) in [5, 5.41) is 5.75. The predicted octanol–water partition coefficient (Wildman–Crippen LogP) is 2.21. The standard InChI is InChI=1S/C14H9BrN4O3S2/c1-6-2-3-16-14(17-6)24-12-9(15)5-7(22-12)4-8-10(20)18-13(23)19-11(8)21/h2-5H,1H3,(H2,18,19,20,21,23). The number of furan rings is 1. The number of thiocarbonyl (C=S) groups is 1. The van der Waals surface area contributed by atoms with E-state index in [1.54, 1.807) is 18.3 Å². The molecule has 0 aliphatic carbocycles. The molecule has 2 amide bonds. The highest BCUT2D eigenvalue weighted by Gasteiger charge is 2.26. The van der Waals surface area contributed by atoms with Crippen LogP contribution in [-0.4, -0.2) is 26.9 Å². The van der Waals surface area contributed by atoms with Gasteiger partial charge in [-0.2, -0.15) is 0 Å². The van der Waals surface area contributed by atoms with Crippen LogP contribution in [0.2, 0.25) is 0 Å². The van der Waals surface area contributed by atoms with E-state index in [1.165, 1.54) is 17.8 Å². The lowest BCUT2D eigenvalue weighted by Gasteiger charge is -2.15. The van der Waals surface area contributed by atoms with Crippen LogP contribution < -0.4 is 10.6 Å². The van der Waals surface area contributed by atoms with Gasteiger partial charge in [0.25, 0.3) is 11.8 Å². The molecule has 2 N–H and O–H groups in total. The number of hydrogen-bond acceptors (Lipinski definition) is 7. The van der Waals surface area contributed by atoms with Crippen LogP contribution in [0.25, 0.3) is 6.08 Å². The summed E-state index contributed by atoms with van der Waals surface area (Å²) in [6.45, 7) is 1.86. The lowest BCUT2D eigenvalue weighted by Crippen LogP contribution is -2.51. The first kappa shape index (κ1) is 16.8. The minimum Gasteiger partial charge on any atom is -0.449 e. The summed E-state index contributed by atoms with van der Waals surface area (Å²) >= 11 is 9.35. The molecule has 7 nitrogen and oxygen atoms in total. The van der Waals surface area contributed by atoms with Crippen molar-refractivity contribution in [2.75, 3.05) is 0 Å². The Balaban J connectivity index is 1.86. The van der Waals surface area contributed by atoms with Crippen molar-refractivity contribution >= 4 is 62.9 Å². The van der Waals surface area contributed by atoms with Crippen molar-refractivity contribution in [2.45, 2.75) is 17.2 Å². The zero-order valence-corrected chi connectivity index (χ0v) is 15.3. The van der Waals surface area contributed by atoms with E-state index in [2.05, 4.69) is 36.5 Å². The van der Waals surface area contributed by atoms with Crippen molar-refractivity contribution in [3.63, 3.8) is 0 Å². The maximum atomic E-state index is 11.8. The molecule has 1 aliphatic heterocycles. The highest BCUT2D eigenvalue weighted by atomic mass is 79.9. The zero-order valence-electron chi connectivity index (χ0n) is 12.1. The van der Waals surface area contributed by atoms with Gasteiger partial charge in [-0.15, -0.1) is 0 Å². The molecule has 0 bridgehead atoms. The maximum absolute atomic E-state index is 11.8. The Labute approximate surface area is 154 Å². The van der Waals surface area contributed by atoms with Crippen LogP contribution in [-0.2, 0) is 9.59 Å². The number of hydrogen-bond donors (Lipinski definition) is 2. The van der Waals surface area contributed by atoms with Gasteiger partial charge in [-0.05, 0) is 65.0 Å². The third kappa shape index (κ3) is 3.71. The largest absolute Gasteiger partial charge is 0.449 e. The van der Waals surface area contributed by atoms with E-state index in [-0.39, 0.29) is 10.7 Å². The molecule has 122 valence electrons. The quantitative estimate of drug-likeness (QED) is 0.337. The lowest BCUT2D eigenvalue weighted by atomic mass is 10.1. The van der Waals surface area contributed by atoms with E-state index in [0.717, 1.165) is 5.69 Å². The summed E-state index contributed by atoms with van der Waals surface area (Å²) in [5.41, 5.74) is 0.747. The van der Waals surface area contributed by atoms with Crippen LogP contribution in [0.4, 0.5) is 0 Å². The molecule has 1 saturated heterocycles. The second kappa shape index (κ2) is 6.83. The highest BCUT2D eigenvalue weighted by Crippen LogP contribution is 2.35. The van der Waals surface area contributed by atoms with E-state index in [9.17, 15) is 9.59 Å². The molecular weight excluding hydrogens is 416 g/mol. The fourth-order valence-corrected chi connectivity index (χ4v) is 3.31. The van der Waals surface area contributed by atoms with Gasteiger partial charge in [0.2, 0.25) is 0 Å². The minimum absolute atomic E-state index is 0.0179. The molecule has 0 unspecified atom stereocenters. The molecule has 0 radical (unpaired) electrons. The zero-order chi connectivity index (χ0) is 17.3. The van der Waals surface area contributed by atoms with Crippen LogP contribution in [0.15, 0.2) is 43.0 Å². The number of amides is 2. The highest BCUT2D eigenvalue weighted by molar-refractivity contribution is 9.10. The summed E-state index contributed by atoms with van der Waals surface area (Å²) in [4.78, 5) is 32.1. The molecule has 0 atom stereocenters. The van der Waals surface area contributed by atoms with Crippen molar-refractivity contribution in [3.05, 3.63) is 39.8 Å². The van der Waals surface area contributed by atoms with Gasteiger partial charge in [-0.25, -0.2) is 9.97 Å². The van der Waals surface area contributed by atoms with Crippen molar-refractivity contribution in [1.82, 2.24) is 20.6 Å². The van der Waals surface area contributed by atoms with Crippen molar-refractivity contribution in [3.8, 4) is 0 Å². The summed E-state index contributed by atoms with van der Waals surface area (Å²) < 4.78 is 6.31. The third-order valence-electron chi connectivity index (χ3n) is 2.86. The number of carbonyl (C=O) groups excluding carboxylic acids is 2. The molecule has 0 aromatic carbocycles. The van der Waals surface area contributed by atoms with Gasteiger partial charge in [0.15, 0.2) is 15.4 Å². The van der Waals surface area contributed by atoms with E-state index in [1.807, 2.05) is 6.92 Å². The fourth-order valence-electron chi connectivity index (χ4n) is 1.82. The van der Waals surface area contributed by atoms with E-state index < -0.39 is 11.8 Å². The Morgan fingerprint density at radius 2 is 2.04 bits per heavy atom. The molecule has 3 heterocycles. The van der Waals surface area contributed by atoms with Crippen LogP contribution in [0.5, 0.6) is 0 Å². The van der Waals surface area contributed by atoms with Gasteiger partial charge in [0.05, 0.1) is 4.47 Å². The fraction of sp³-hybridized carbons (Fsp3) is 0.0714. The number of halogens is 1. The number of carbonyl (C=O) groups is 2. The van der Waals surface area contributed by atoms with Crippen LogP contribution >= 0.6 is 39.9 Å². The number of rotatable bonds is 3. The van der Waals surface area contributed by atoms with Gasteiger partial charge in [-0.1, -0.05) is 0 Å². The van der Waals surface area contributed by atoms with Crippen LogP contribution in [0, 0.1) is 6.92 Å². The molecule has 24 heavy (non-hydrogen) atoms. The Morgan fingerprint density at radius 1 is 1.33 bits per heavy atom. The Morgan fingerprint density at radius 3 is 2.71 bits per heavy atom. The molecule has 3 rings (SSSR count). The normalized spacial score (nSPS) is 14.4. The van der Waals surface area contributed by atoms with Crippen LogP contribution in [0.1, 0.15) is 11.5 Å². The molecule has 1 fully saturated rings. The minimum atomic E-state index is -0.576. The number of aromatic nitrogens is 2. The second-order valence-corrected chi connectivity index (χ2v) is 6.86. The first-order chi connectivity index (χ1) is 11.4. The van der Waals surface area contributed by atoms with Gasteiger partial charge >= 0.3 is 0 Å². The van der Waals surface area contributed by atoms with E-state index in [4.69, 9.17) is 16.6 Å². The molecule has 0 spiro atoms. The maximum Gasteiger partial charge on any atom is 0.263 e. The van der Waals surface area contributed by atoms with Crippen molar-refractivity contribution in [1.29, 1.82) is 0 Å². The van der Waals surface area contributed by atoms with Crippen molar-refractivity contribution < 1.29 is 14.0 Å². The lowest BCUT2D eigenvalue weighted by molar-refractivity contribution is -0.123. The summed E-state index contributed by atoms with van der Waals surface area (Å²) in [5.74, 6) is -0.815. The molecule has 2 aromatic heterocycles. The number of nitrogens with zero attached hydrogens (tertiary/aromatic N) is 2. The molecule has 10 heteroatoms. The first-order valence-corrected chi connectivity index (χ1v) is 8.59. The Kier molecular flexibility index (Phi) is 4.78. The van der Waals surface area contributed by atoms with Crippen LogP contribution in [0.3, 0.4) is 0 Å². The van der Waals surface area contributed by atoms with Gasteiger partial charge < -0.3 is 4.42 Å². The predicted molar refractivity (Wildman–Crippen MR) is 94.2 cm³/mol. The Bertz CT molecular complexity index is 872. The molecule has 0 saturated carbocycles. The summed E-state index contributed by atoms with van der Waals surface area (Å²) in [7, 11) is 0. The van der Waals surface area contributed by atoms with E-state index in [0.29, 0.717) is 20.5 Å². The monoisotopic (exact) mass is 424 g/mol. The average Bonchev–Trinajstić information content (AvgIpc) is 2.83. The second-order valence-electron chi connectivity index (χ2n) is 4.66. The van der Waals surface area contributed by atoms with Gasteiger partial charge in [0, 0.05) is 11.9 Å². The van der Waals surface area contributed by atoms with Crippen molar-refractivity contribution in [2.24, 2.45) is 0 Å².